The van der Waals surface area contributed by atoms with Gasteiger partial charge in [-0.05, 0) is 22.0 Å². The van der Waals surface area contributed by atoms with Crippen LogP contribution in [0.4, 0.5) is 5.82 Å². The largest absolute Gasteiger partial charge is 0.372 e. The minimum atomic E-state index is 0.646. The fraction of sp³-hybridized carbons (Fsp3) is 0.125. The number of anilines is 1. The second-order valence-electron chi connectivity index (χ2n) is 2.54. The Kier molecular flexibility index (Phi) is 2.74. The van der Waals surface area contributed by atoms with Crippen LogP contribution < -0.4 is 5.32 Å². The highest BCUT2D eigenvalue weighted by Gasteiger charge is 2.05. The average molecular weight is 271 g/mol. The van der Waals surface area contributed by atoms with Gasteiger partial charge in [-0.3, -0.25) is 0 Å². The lowest BCUT2D eigenvalue weighted by molar-refractivity contribution is 0.985. The molecule has 2 rings (SSSR count). The molecule has 0 atom stereocenters. The first-order valence-corrected chi connectivity index (χ1v) is 5.59. The molecule has 0 unspecified atom stereocenters. The molecule has 0 spiro atoms. The van der Waals surface area contributed by atoms with Crippen LogP contribution in [0.1, 0.15) is 0 Å². The van der Waals surface area contributed by atoms with E-state index < -0.39 is 0 Å². The third-order valence-electron chi connectivity index (χ3n) is 1.60. The van der Waals surface area contributed by atoms with Crippen LogP contribution in [0.25, 0.3) is 10.7 Å². The van der Waals surface area contributed by atoms with Crippen LogP contribution in [0.3, 0.4) is 0 Å². The maximum Gasteiger partial charge on any atom is 0.193 e. The molecule has 0 fully saturated rings. The number of nitrogens with one attached hydrogen (secondary N) is 1. The molecule has 2 heterocycles. The zero-order chi connectivity index (χ0) is 9.97. The molecule has 2 aromatic heterocycles. The molecule has 0 aliphatic rings. The molecule has 2 aromatic rings. The Labute approximate surface area is 93.5 Å². The standard InChI is InChI=1S/C8H7BrN4S/c1-10-7-3-11-13-8(12-7)6-2-5(9)4-14-6/h2-4H,1H3,(H,10,12,13). The van der Waals surface area contributed by atoms with E-state index >= 15 is 0 Å². The van der Waals surface area contributed by atoms with E-state index in [1.807, 2.05) is 11.4 Å². The highest BCUT2D eigenvalue weighted by Crippen LogP contribution is 2.27. The summed E-state index contributed by atoms with van der Waals surface area (Å²) in [5, 5.41) is 12.7. The van der Waals surface area contributed by atoms with Crippen LogP contribution in [-0.2, 0) is 0 Å². The highest BCUT2D eigenvalue weighted by molar-refractivity contribution is 9.10. The molecule has 0 amide bonds. The first-order chi connectivity index (χ1) is 6.79. The summed E-state index contributed by atoms with van der Waals surface area (Å²) < 4.78 is 1.04. The fourth-order valence-electron chi connectivity index (χ4n) is 0.959. The van der Waals surface area contributed by atoms with Crippen LogP contribution in [0.2, 0.25) is 0 Å². The first-order valence-electron chi connectivity index (χ1n) is 3.91. The van der Waals surface area contributed by atoms with Crippen molar-refractivity contribution in [2.75, 3.05) is 12.4 Å². The molecular formula is C8H7BrN4S. The van der Waals surface area contributed by atoms with Gasteiger partial charge < -0.3 is 5.32 Å². The topological polar surface area (TPSA) is 50.7 Å². The van der Waals surface area contributed by atoms with Crippen LogP contribution in [0, 0.1) is 0 Å². The molecule has 0 bridgehead atoms. The van der Waals surface area contributed by atoms with E-state index in [-0.39, 0.29) is 0 Å². The maximum absolute atomic E-state index is 4.28. The van der Waals surface area contributed by atoms with E-state index in [0.717, 1.165) is 15.2 Å². The van der Waals surface area contributed by atoms with Gasteiger partial charge in [-0.1, -0.05) is 0 Å². The number of aromatic nitrogens is 3. The van der Waals surface area contributed by atoms with E-state index in [1.165, 1.54) is 0 Å². The van der Waals surface area contributed by atoms with Crippen molar-refractivity contribution in [1.29, 1.82) is 0 Å². The Bertz CT molecular complexity index is 442. The van der Waals surface area contributed by atoms with Crippen molar-refractivity contribution in [3.05, 3.63) is 22.1 Å². The third-order valence-corrected chi connectivity index (χ3v) is 3.29. The number of hydrogen-bond donors (Lipinski definition) is 1. The van der Waals surface area contributed by atoms with E-state index in [1.54, 1.807) is 24.6 Å². The first kappa shape index (κ1) is 9.54. The number of thiophene rings is 1. The zero-order valence-corrected chi connectivity index (χ0v) is 9.76. The number of nitrogens with zero attached hydrogens (tertiary/aromatic N) is 3. The van der Waals surface area contributed by atoms with Crippen molar-refractivity contribution in [1.82, 2.24) is 15.2 Å². The molecule has 0 aliphatic carbocycles. The van der Waals surface area contributed by atoms with Gasteiger partial charge >= 0.3 is 0 Å². The fourth-order valence-corrected chi connectivity index (χ4v) is 2.31. The van der Waals surface area contributed by atoms with Crippen LogP contribution in [0.15, 0.2) is 22.1 Å². The van der Waals surface area contributed by atoms with E-state index in [4.69, 9.17) is 0 Å². The van der Waals surface area contributed by atoms with Gasteiger partial charge in [0.15, 0.2) is 5.82 Å². The van der Waals surface area contributed by atoms with Crippen molar-refractivity contribution in [3.8, 4) is 10.7 Å². The van der Waals surface area contributed by atoms with Gasteiger partial charge in [-0.15, -0.1) is 16.4 Å². The van der Waals surface area contributed by atoms with Crippen LogP contribution >= 0.6 is 27.3 Å². The second kappa shape index (κ2) is 4.02. The minimum absolute atomic E-state index is 0.646. The molecular weight excluding hydrogens is 264 g/mol. The van der Waals surface area contributed by atoms with E-state index in [0.29, 0.717) is 5.82 Å². The Balaban J connectivity index is 2.41. The molecule has 0 saturated carbocycles. The highest BCUT2D eigenvalue weighted by atomic mass is 79.9. The minimum Gasteiger partial charge on any atom is -0.372 e. The lowest BCUT2D eigenvalue weighted by Gasteiger charge is -1.98. The van der Waals surface area contributed by atoms with Crippen LogP contribution in [-0.4, -0.2) is 22.2 Å². The summed E-state index contributed by atoms with van der Waals surface area (Å²) in [4.78, 5) is 5.28. The number of hydrogen-bond acceptors (Lipinski definition) is 5. The average Bonchev–Trinajstić information content (AvgIpc) is 2.65. The summed E-state index contributed by atoms with van der Waals surface area (Å²) >= 11 is 4.97. The monoisotopic (exact) mass is 270 g/mol. The van der Waals surface area contributed by atoms with Gasteiger partial charge in [0.1, 0.15) is 5.82 Å². The van der Waals surface area contributed by atoms with E-state index in [9.17, 15) is 0 Å². The van der Waals surface area contributed by atoms with Gasteiger partial charge in [0, 0.05) is 16.9 Å². The maximum atomic E-state index is 4.28. The Morgan fingerprint density at radius 1 is 1.50 bits per heavy atom. The van der Waals surface area contributed by atoms with Crippen LogP contribution in [0.5, 0.6) is 0 Å². The summed E-state index contributed by atoms with van der Waals surface area (Å²) in [6.45, 7) is 0. The molecule has 4 nitrogen and oxygen atoms in total. The van der Waals surface area contributed by atoms with Gasteiger partial charge in [0.05, 0.1) is 11.1 Å². The normalized spacial score (nSPS) is 10.1. The molecule has 0 aromatic carbocycles. The summed E-state index contributed by atoms with van der Waals surface area (Å²) in [5.41, 5.74) is 0. The SMILES string of the molecule is CNc1cnnc(-c2cc(Br)cs2)n1. The van der Waals surface area contributed by atoms with Gasteiger partial charge in [0.25, 0.3) is 0 Å². The smallest absolute Gasteiger partial charge is 0.193 e. The third kappa shape index (κ3) is 1.91. The summed E-state index contributed by atoms with van der Waals surface area (Å²) in [5.74, 6) is 1.37. The van der Waals surface area contributed by atoms with Crippen molar-refractivity contribution < 1.29 is 0 Å². The Morgan fingerprint density at radius 3 is 3.00 bits per heavy atom. The van der Waals surface area contributed by atoms with Gasteiger partial charge in [-0.2, -0.15) is 5.10 Å². The molecule has 72 valence electrons. The quantitative estimate of drug-likeness (QED) is 0.911. The van der Waals surface area contributed by atoms with Crippen molar-refractivity contribution in [2.45, 2.75) is 0 Å². The predicted molar refractivity (Wildman–Crippen MR) is 60.4 cm³/mol. The summed E-state index contributed by atoms with van der Waals surface area (Å²) in [7, 11) is 1.80. The molecule has 14 heavy (non-hydrogen) atoms. The zero-order valence-electron chi connectivity index (χ0n) is 7.36. The second-order valence-corrected chi connectivity index (χ2v) is 4.37. The Morgan fingerprint density at radius 2 is 2.36 bits per heavy atom. The molecule has 0 saturated heterocycles. The number of rotatable bonds is 2. The van der Waals surface area contributed by atoms with Crippen molar-refractivity contribution >= 4 is 33.1 Å². The molecule has 6 heteroatoms. The lowest BCUT2D eigenvalue weighted by atomic mass is 10.4. The van der Waals surface area contributed by atoms with Gasteiger partial charge in [0.2, 0.25) is 0 Å². The molecule has 0 radical (unpaired) electrons. The molecule has 0 aliphatic heterocycles. The van der Waals surface area contributed by atoms with Gasteiger partial charge in [-0.25, -0.2) is 4.98 Å². The Hall–Kier alpha value is -1.01. The van der Waals surface area contributed by atoms with Crippen molar-refractivity contribution in [2.24, 2.45) is 0 Å². The number of halogens is 1. The summed E-state index contributed by atoms with van der Waals surface area (Å²) in [6.07, 6.45) is 1.59. The lowest BCUT2D eigenvalue weighted by Crippen LogP contribution is -1.97. The van der Waals surface area contributed by atoms with Crippen molar-refractivity contribution in [3.63, 3.8) is 0 Å². The van der Waals surface area contributed by atoms with E-state index in [2.05, 4.69) is 36.4 Å². The molecule has 1 N–H and O–H groups in total. The predicted octanol–water partition coefficient (Wildman–Crippen LogP) is 2.40. The summed E-state index contributed by atoms with van der Waals surface area (Å²) in [6, 6.07) is 1.97.